The Hall–Kier alpha value is -0.520. The van der Waals surface area contributed by atoms with E-state index in [1.807, 2.05) is 0 Å². The van der Waals surface area contributed by atoms with E-state index >= 15 is 0 Å². The van der Waals surface area contributed by atoms with Gasteiger partial charge >= 0.3 is 0 Å². The van der Waals surface area contributed by atoms with Gasteiger partial charge in [0.1, 0.15) is 0 Å². The lowest BCUT2D eigenvalue weighted by Gasteiger charge is -2.28. The van der Waals surface area contributed by atoms with E-state index in [-0.39, 0.29) is 5.54 Å². The van der Waals surface area contributed by atoms with Crippen molar-refractivity contribution in [2.24, 2.45) is 0 Å². The average Bonchev–Trinajstić information content (AvgIpc) is 2.34. The van der Waals surface area contributed by atoms with Crippen LogP contribution in [0.4, 0.5) is 0 Å². The first-order valence-corrected chi connectivity index (χ1v) is 4.49. The van der Waals surface area contributed by atoms with Crippen molar-refractivity contribution in [1.82, 2.24) is 5.32 Å². The van der Waals surface area contributed by atoms with Crippen LogP contribution in [0.15, 0.2) is 0 Å². The highest BCUT2D eigenvalue weighted by Gasteiger charge is 2.35. The molecule has 2 heteroatoms. The molecular weight excluding hydrogens is 150 g/mol. The van der Waals surface area contributed by atoms with Crippen molar-refractivity contribution in [1.29, 1.82) is 0 Å². The molecule has 12 heavy (non-hydrogen) atoms. The summed E-state index contributed by atoms with van der Waals surface area (Å²) in [6.07, 6.45) is 7.35. The Morgan fingerprint density at radius 2 is 2.50 bits per heavy atom. The molecule has 0 aromatic carbocycles. The van der Waals surface area contributed by atoms with E-state index in [9.17, 15) is 0 Å². The number of terminal acetylenes is 1. The van der Waals surface area contributed by atoms with E-state index in [4.69, 9.17) is 11.2 Å². The number of rotatable bonds is 3. The lowest BCUT2D eigenvalue weighted by atomic mass is 9.95. The summed E-state index contributed by atoms with van der Waals surface area (Å²) < 4.78 is 5.48. The molecule has 68 valence electrons. The van der Waals surface area contributed by atoms with Crippen LogP contribution in [0.3, 0.4) is 0 Å². The van der Waals surface area contributed by atoms with Crippen molar-refractivity contribution in [2.45, 2.75) is 38.3 Å². The summed E-state index contributed by atoms with van der Waals surface area (Å²) in [6.45, 7) is 6.05. The lowest BCUT2D eigenvalue weighted by Crippen LogP contribution is -2.47. The third kappa shape index (κ3) is 2.00. The molecular formula is C10H17NO. The van der Waals surface area contributed by atoms with Gasteiger partial charge in [-0.2, -0.15) is 0 Å². The van der Waals surface area contributed by atoms with Crippen molar-refractivity contribution in [3.63, 3.8) is 0 Å². The first kappa shape index (κ1) is 9.57. The summed E-state index contributed by atoms with van der Waals surface area (Å²) >= 11 is 0. The van der Waals surface area contributed by atoms with Crippen molar-refractivity contribution >= 4 is 0 Å². The Morgan fingerprint density at radius 1 is 1.75 bits per heavy atom. The van der Waals surface area contributed by atoms with Gasteiger partial charge in [0.2, 0.25) is 0 Å². The van der Waals surface area contributed by atoms with Crippen molar-refractivity contribution < 1.29 is 4.74 Å². The summed E-state index contributed by atoms with van der Waals surface area (Å²) in [7, 11) is 0. The molecule has 0 saturated carbocycles. The van der Waals surface area contributed by atoms with Crippen LogP contribution in [0, 0.1) is 12.3 Å². The third-order valence-electron chi connectivity index (χ3n) is 2.68. The normalized spacial score (nSPS) is 34.9. The molecule has 0 bridgehead atoms. The average molecular weight is 167 g/mol. The Morgan fingerprint density at radius 3 is 3.00 bits per heavy atom. The fourth-order valence-corrected chi connectivity index (χ4v) is 1.49. The molecule has 2 unspecified atom stereocenters. The smallest absolute Gasteiger partial charge is 0.0726 e. The fourth-order valence-electron chi connectivity index (χ4n) is 1.49. The van der Waals surface area contributed by atoms with Crippen LogP contribution < -0.4 is 5.32 Å². The molecule has 1 aliphatic heterocycles. The molecule has 0 spiro atoms. The van der Waals surface area contributed by atoms with E-state index < -0.39 is 0 Å². The van der Waals surface area contributed by atoms with Gasteiger partial charge in [0.25, 0.3) is 0 Å². The highest BCUT2D eigenvalue weighted by atomic mass is 16.5. The van der Waals surface area contributed by atoms with Gasteiger partial charge in [-0.05, 0) is 20.3 Å². The molecule has 1 aliphatic rings. The van der Waals surface area contributed by atoms with Crippen molar-refractivity contribution in [3.05, 3.63) is 0 Å². The highest BCUT2D eigenvalue weighted by molar-refractivity contribution is 4.95. The van der Waals surface area contributed by atoms with Gasteiger partial charge < -0.3 is 10.1 Å². The van der Waals surface area contributed by atoms with Gasteiger partial charge in [-0.15, -0.1) is 12.3 Å². The summed E-state index contributed by atoms with van der Waals surface area (Å²) in [5.41, 5.74) is 0.136. The second-order valence-electron chi connectivity index (χ2n) is 3.56. The monoisotopic (exact) mass is 167 g/mol. The second-order valence-corrected chi connectivity index (χ2v) is 3.56. The Kier molecular flexibility index (Phi) is 3.13. The Balaban J connectivity index is 2.33. The predicted molar refractivity (Wildman–Crippen MR) is 49.9 cm³/mol. The number of nitrogens with one attached hydrogen (secondary N) is 1. The lowest BCUT2D eigenvalue weighted by molar-refractivity contribution is 0.0891. The zero-order valence-corrected chi connectivity index (χ0v) is 7.89. The predicted octanol–water partition coefficient (Wildman–Crippen LogP) is 1.17. The maximum absolute atomic E-state index is 5.48. The summed E-state index contributed by atoms with van der Waals surface area (Å²) in [6, 6.07) is 0. The zero-order valence-electron chi connectivity index (χ0n) is 7.89. The largest absolute Gasteiger partial charge is 0.377 e. The molecule has 1 N–H and O–H groups in total. The topological polar surface area (TPSA) is 21.3 Å². The summed E-state index contributed by atoms with van der Waals surface area (Å²) in [5.74, 6) is 2.62. The van der Waals surface area contributed by atoms with Crippen molar-refractivity contribution in [2.75, 3.05) is 13.2 Å². The minimum absolute atomic E-state index is 0.136. The third-order valence-corrected chi connectivity index (χ3v) is 2.68. The van der Waals surface area contributed by atoms with Crippen LogP contribution in [0.25, 0.3) is 0 Å². The Bertz CT molecular complexity index is 185. The maximum atomic E-state index is 5.48. The molecule has 0 aromatic rings. The summed E-state index contributed by atoms with van der Waals surface area (Å²) in [4.78, 5) is 0. The first-order valence-electron chi connectivity index (χ1n) is 4.49. The van der Waals surface area contributed by atoms with Gasteiger partial charge in [-0.25, -0.2) is 0 Å². The number of hydrogen-bond acceptors (Lipinski definition) is 2. The van der Waals surface area contributed by atoms with Gasteiger partial charge in [-0.3, -0.25) is 0 Å². The molecule has 1 heterocycles. The van der Waals surface area contributed by atoms with Crippen LogP contribution in [-0.4, -0.2) is 24.8 Å². The van der Waals surface area contributed by atoms with E-state index in [2.05, 4.69) is 25.1 Å². The molecule has 2 atom stereocenters. The second kappa shape index (κ2) is 3.93. The maximum Gasteiger partial charge on any atom is 0.0726 e. The van der Waals surface area contributed by atoms with Crippen LogP contribution in [-0.2, 0) is 4.74 Å². The SMILES string of the molecule is C#CCCNC1(C)CCOC1C. The molecule has 1 saturated heterocycles. The highest BCUT2D eigenvalue weighted by Crippen LogP contribution is 2.24. The standard InChI is InChI=1S/C10H17NO/c1-4-5-7-11-10(3)6-8-12-9(10)2/h1,9,11H,5-8H2,2-3H3. The molecule has 0 aromatic heterocycles. The van der Waals surface area contributed by atoms with E-state index in [0.717, 1.165) is 26.0 Å². The number of hydrogen-bond donors (Lipinski definition) is 1. The molecule has 0 amide bonds. The van der Waals surface area contributed by atoms with Crippen LogP contribution in [0.2, 0.25) is 0 Å². The minimum Gasteiger partial charge on any atom is -0.377 e. The molecule has 1 fully saturated rings. The quantitative estimate of drug-likeness (QED) is 0.503. The molecule has 2 nitrogen and oxygen atoms in total. The Labute approximate surface area is 74.7 Å². The fraction of sp³-hybridized carbons (Fsp3) is 0.800. The van der Waals surface area contributed by atoms with Crippen LogP contribution >= 0.6 is 0 Å². The van der Waals surface area contributed by atoms with Gasteiger partial charge in [0.05, 0.1) is 6.10 Å². The van der Waals surface area contributed by atoms with E-state index in [1.165, 1.54) is 0 Å². The molecule has 0 aliphatic carbocycles. The van der Waals surface area contributed by atoms with Gasteiger partial charge in [-0.1, -0.05) is 0 Å². The van der Waals surface area contributed by atoms with Crippen LogP contribution in [0.1, 0.15) is 26.7 Å². The number of ether oxygens (including phenoxy) is 1. The van der Waals surface area contributed by atoms with Crippen molar-refractivity contribution in [3.8, 4) is 12.3 Å². The van der Waals surface area contributed by atoms with E-state index in [1.54, 1.807) is 0 Å². The molecule has 0 radical (unpaired) electrons. The van der Waals surface area contributed by atoms with Gasteiger partial charge in [0, 0.05) is 25.1 Å². The van der Waals surface area contributed by atoms with E-state index in [0.29, 0.717) is 6.10 Å². The van der Waals surface area contributed by atoms with Gasteiger partial charge in [0.15, 0.2) is 0 Å². The first-order chi connectivity index (χ1) is 5.69. The summed E-state index contributed by atoms with van der Waals surface area (Å²) in [5, 5.41) is 3.44. The van der Waals surface area contributed by atoms with Crippen LogP contribution in [0.5, 0.6) is 0 Å². The molecule has 1 rings (SSSR count). The zero-order chi connectivity index (χ0) is 9.03. The minimum atomic E-state index is 0.136.